The molecule has 3 fully saturated rings. The number of rotatable bonds is 5. The molecule has 4 rings (SSSR count). The van der Waals surface area contributed by atoms with Gasteiger partial charge in [-0.05, 0) is 57.2 Å². The summed E-state index contributed by atoms with van der Waals surface area (Å²) in [4.78, 5) is 18.7. The number of hydrogen-bond acceptors (Lipinski definition) is 4. The van der Waals surface area contributed by atoms with E-state index in [9.17, 15) is 4.79 Å². The van der Waals surface area contributed by atoms with Gasteiger partial charge in [-0.3, -0.25) is 9.69 Å². The molecule has 0 radical (unpaired) electrons. The first-order valence-corrected chi connectivity index (χ1v) is 11.5. The molecule has 1 aromatic carbocycles. The molecule has 160 valence electrons. The van der Waals surface area contributed by atoms with Crippen molar-refractivity contribution in [3.8, 4) is 0 Å². The van der Waals surface area contributed by atoms with Gasteiger partial charge in [0.15, 0.2) is 0 Å². The second-order valence-corrected chi connectivity index (χ2v) is 9.26. The van der Waals surface area contributed by atoms with Crippen molar-refractivity contribution in [3.63, 3.8) is 0 Å². The largest absolute Gasteiger partial charge is 0.379 e. The number of ether oxygens (including phenoxy) is 1. The number of carbonyl (C=O) groups excluding carboxylic acids is 1. The minimum atomic E-state index is -0.221. The molecular formula is C24H37N3O2. The summed E-state index contributed by atoms with van der Waals surface area (Å²) in [6.07, 6.45) is 4.45. The maximum atomic E-state index is 13.6. The number of morpholine rings is 1. The molecule has 5 nitrogen and oxygen atoms in total. The lowest BCUT2D eigenvalue weighted by atomic mass is 9.61. The fraction of sp³-hybridized carbons (Fsp3) is 0.708. The highest BCUT2D eigenvalue weighted by atomic mass is 16.5. The van der Waals surface area contributed by atoms with Gasteiger partial charge in [-0.25, -0.2) is 0 Å². The molecule has 2 saturated heterocycles. The molecule has 0 spiro atoms. The van der Waals surface area contributed by atoms with Gasteiger partial charge in [-0.1, -0.05) is 36.8 Å². The number of nitrogens with one attached hydrogen (secondary N) is 1. The Hall–Kier alpha value is -1.43. The van der Waals surface area contributed by atoms with E-state index < -0.39 is 0 Å². The highest BCUT2D eigenvalue weighted by Gasteiger charge is 2.52. The molecule has 1 aliphatic carbocycles. The summed E-state index contributed by atoms with van der Waals surface area (Å²) in [5.74, 6) is 0.770. The molecule has 1 amide bonds. The van der Waals surface area contributed by atoms with E-state index in [-0.39, 0.29) is 11.3 Å². The third-order valence-electron chi connectivity index (χ3n) is 7.56. The van der Waals surface area contributed by atoms with Gasteiger partial charge in [0.25, 0.3) is 0 Å². The Kier molecular flexibility index (Phi) is 6.57. The predicted molar refractivity (Wildman–Crippen MR) is 116 cm³/mol. The number of benzene rings is 1. The Morgan fingerprint density at radius 1 is 1.24 bits per heavy atom. The summed E-state index contributed by atoms with van der Waals surface area (Å²) < 4.78 is 5.55. The van der Waals surface area contributed by atoms with Crippen LogP contribution in [0.3, 0.4) is 0 Å². The van der Waals surface area contributed by atoms with Gasteiger partial charge >= 0.3 is 0 Å². The molecular weight excluding hydrogens is 362 g/mol. The first kappa shape index (κ1) is 20.8. The minimum Gasteiger partial charge on any atom is -0.379 e. The Bertz CT molecular complexity index is 703. The zero-order valence-electron chi connectivity index (χ0n) is 18.2. The summed E-state index contributed by atoms with van der Waals surface area (Å²) in [7, 11) is 0. The van der Waals surface area contributed by atoms with E-state index in [0.717, 1.165) is 71.6 Å². The van der Waals surface area contributed by atoms with Crippen LogP contribution in [-0.2, 0) is 16.1 Å². The van der Waals surface area contributed by atoms with E-state index in [2.05, 4.69) is 53.2 Å². The van der Waals surface area contributed by atoms with E-state index in [1.807, 2.05) is 0 Å². The van der Waals surface area contributed by atoms with Gasteiger partial charge in [0.1, 0.15) is 0 Å². The van der Waals surface area contributed by atoms with E-state index in [1.54, 1.807) is 0 Å². The monoisotopic (exact) mass is 399 g/mol. The number of aryl methyl sites for hydroxylation is 1. The van der Waals surface area contributed by atoms with E-state index in [1.165, 1.54) is 11.1 Å². The number of likely N-dealkylation sites (tertiary alicyclic amines) is 1. The molecule has 3 atom stereocenters. The number of piperidine rings is 1. The van der Waals surface area contributed by atoms with Gasteiger partial charge in [-0.15, -0.1) is 0 Å². The molecule has 0 unspecified atom stereocenters. The molecule has 2 aliphatic heterocycles. The maximum absolute atomic E-state index is 13.6. The van der Waals surface area contributed by atoms with Crippen molar-refractivity contribution in [1.82, 2.24) is 15.1 Å². The second-order valence-electron chi connectivity index (χ2n) is 9.26. The topological polar surface area (TPSA) is 44.8 Å². The van der Waals surface area contributed by atoms with Crippen molar-refractivity contribution >= 4 is 5.91 Å². The van der Waals surface area contributed by atoms with Gasteiger partial charge in [0.2, 0.25) is 5.91 Å². The third-order valence-corrected chi connectivity index (χ3v) is 7.56. The van der Waals surface area contributed by atoms with Crippen molar-refractivity contribution in [2.24, 2.45) is 11.3 Å². The first-order valence-electron chi connectivity index (χ1n) is 11.5. The molecule has 1 saturated carbocycles. The van der Waals surface area contributed by atoms with Crippen molar-refractivity contribution < 1.29 is 9.53 Å². The fourth-order valence-corrected chi connectivity index (χ4v) is 5.81. The van der Waals surface area contributed by atoms with Crippen LogP contribution in [0.4, 0.5) is 0 Å². The van der Waals surface area contributed by atoms with Crippen LogP contribution >= 0.6 is 0 Å². The summed E-state index contributed by atoms with van der Waals surface area (Å²) in [6.45, 7) is 11.8. The minimum absolute atomic E-state index is 0.221. The van der Waals surface area contributed by atoms with E-state index in [0.29, 0.717) is 18.5 Å². The van der Waals surface area contributed by atoms with Crippen molar-refractivity contribution in [2.45, 2.75) is 52.1 Å². The van der Waals surface area contributed by atoms with Crippen molar-refractivity contribution in [2.75, 3.05) is 45.9 Å². The smallest absolute Gasteiger partial charge is 0.228 e. The van der Waals surface area contributed by atoms with Crippen molar-refractivity contribution in [3.05, 3.63) is 35.4 Å². The number of hydrogen-bond donors (Lipinski definition) is 1. The van der Waals surface area contributed by atoms with Crippen LogP contribution in [0, 0.1) is 18.3 Å². The number of carbonyl (C=O) groups is 1. The quantitative estimate of drug-likeness (QED) is 0.827. The van der Waals surface area contributed by atoms with Crippen molar-refractivity contribution in [1.29, 1.82) is 0 Å². The molecule has 5 heteroatoms. The Labute approximate surface area is 175 Å². The van der Waals surface area contributed by atoms with Crippen LogP contribution in [0.25, 0.3) is 0 Å². The average molecular weight is 400 g/mol. The lowest BCUT2D eigenvalue weighted by Gasteiger charge is -2.53. The first-order chi connectivity index (χ1) is 14.1. The van der Waals surface area contributed by atoms with Crippen LogP contribution in [0.5, 0.6) is 0 Å². The summed E-state index contributed by atoms with van der Waals surface area (Å²) in [6, 6.07) is 9.08. The van der Waals surface area contributed by atoms with Crippen LogP contribution in [0.15, 0.2) is 24.3 Å². The van der Waals surface area contributed by atoms with E-state index in [4.69, 9.17) is 4.74 Å². The standard InChI is InChI=1S/C24H37N3O2/c1-3-26-10-8-21-16-22(27-11-13-29-14-12-27)7-9-24(21,18-26)23(28)25-17-20-6-4-5-19(2)15-20/h4-6,15,21-22H,3,7-14,16-18H2,1-2H3,(H,25,28)/t21-,22+,24-/m1/s1. The molecule has 29 heavy (non-hydrogen) atoms. The van der Waals surface area contributed by atoms with Gasteiger partial charge in [0.05, 0.1) is 18.6 Å². The molecule has 0 bridgehead atoms. The SMILES string of the molecule is CCN1CC[C@@H]2C[C@@H](N3CCOCC3)CC[C@@]2(C(=O)NCc2cccc(C)c2)C1. The van der Waals surface area contributed by atoms with Gasteiger partial charge < -0.3 is 15.0 Å². The lowest BCUT2D eigenvalue weighted by Crippen LogP contribution is -2.60. The zero-order valence-corrected chi connectivity index (χ0v) is 18.2. The highest BCUT2D eigenvalue weighted by Crippen LogP contribution is 2.47. The second kappa shape index (κ2) is 9.15. The van der Waals surface area contributed by atoms with Crippen LogP contribution < -0.4 is 5.32 Å². The molecule has 3 aliphatic rings. The highest BCUT2D eigenvalue weighted by molar-refractivity contribution is 5.83. The van der Waals surface area contributed by atoms with Crippen LogP contribution in [0.1, 0.15) is 43.7 Å². The van der Waals surface area contributed by atoms with Crippen LogP contribution in [-0.4, -0.2) is 67.7 Å². The maximum Gasteiger partial charge on any atom is 0.228 e. The summed E-state index contributed by atoms with van der Waals surface area (Å²) in [5, 5.41) is 3.33. The fourth-order valence-electron chi connectivity index (χ4n) is 5.81. The molecule has 1 N–H and O–H groups in total. The van der Waals surface area contributed by atoms with Gasteiger partial charge in [-0.2, -0.15) is 0 Å². The predicted octanol–water partition coefficient (Wildman–Crippen LogP) is 2.82. The van der Waals surface area contributed by atoms with E-state index >= 15 is 0 Å². The number of amides is 1. The molecule has 2 heterocycles. The Balaban J connectivity index is 1.46. The number of fused-ring (bicyclic) bond motifs is 1. The molecule has 1 aromatic rings. The van der Waals surface area contributed by atoms with Crippen LogP contribution in [0.2, 0.25) is 0 Å². The Morgan fingerprint density at radius 3 is 2.83 bits per heavy atom. The summed E-state index contributed by atoms with van der Waals surface area (Å²) in [5.41, 5.74) is 2.21. The summed E-state index contributed by atoms with van der Waals surface area (Å²) >= 11 is 0. The normalized spacial score (nSPS) is 31.2. The Morgan fingerprint density at radius 2 is 2.07 bits per heavy atom. The average Bonchev–Trinajstić information content (AvgIpc) is 2.77. The molecule has 0 aromatic heterocycles. The zero-order chi connectivity index (χ0) is 20.3. The van der Waals surface area contributed by atoms with Gasteiger partial charge in [0, 0.05) is 32.2 Å². The third kappa shape index (κ3) is 4.52. The lowest BCUT2D eigenvalue weighted by molar-refractivity contribution is -0.145. The number of nitrogens with zero attached hydrogens (tertiary/aromatic N) is 2.